The van der Waals surface area contributed by atoms with E-state index < -0.39 is 5.54 Å². The third-order valence-corrected chi connectivity index (χ3v) is 4.61. The first-order valence-corrected chi connectivity index (χ1v) is 7.20. The molecule has 0 radical (unpaired) electrons. The first-order valence-electron chi connectivity index (χ1n) is 7.20. The SMILES string of the molecule is CCN(CCC1CCCC1(NC)C(N)=O)C(C)C. The highest BCUT2D eigenvalue weighted by atomic mass is 16.1. The van der Waals surface area contributed by atoms with Crippen LogP contribution in [-0.2, 0) is 4.79 Å². The van der Waals surface area contributed by atoms with Crippen LogP contribution in [-0.4, -0.2) is 42.5 Å². The van der Waals surface area contributed by atoms with Crippen molar-refractivity contribution in [3.05, 3.63) is 0 Å². The van der Waals surface area contributed by atoms with Gasteiger partial charge in [-0.25, -0.2) is 0 Å². The number of likely N-dealkylation sites (N-methyl/N-ethyl adjacent to an activating group) is 1. The predicted octanol–water partition coefficient (Wildman–Crippen LogP) is 1.35. The van der Waals surface area contributed by atoms with Crippen molar-refractivity contribution in [2.45, 2.75) is 58.0 Å². The lowest BCUT2D eigenvalue weighted by Gasteiger charge is -2.34. The minimum atomic E-state index is -0.462. The fourth-order valence-corrected chi connectivity index (χ4v) is 3.35. The number of rotatable bonds is 7. The van der Waals surface area contributed by atoms with Crippen LogP contribution in [0.5, 0.6) is 0 Å². The van der Waals surface area contributed by atoms with Gasteiger partial charge < -0.3 is 16.0 Å². The summed E-state index contributed by atoms with van der Waals surface area (Å²) >= 11 is 0. The molecule has 1 rings (SSSR count). The van der Waals surface area contributed by atoms with Crippen molar-refractivity contribution in [2.24, 2.45) is 11.7 Å². The van der Waals surface area contributed by atoms with E-state index in [-0.39, 0.29) is 5.91 Å². The zero-order valence-electron chi connectivity index (χ0n) is 12.3. The molecule has 1 fully saturated rings. The van der Waals surface area contributed by atoms with Crippen LogP contribution < -0.4 is 11.1 Å². The first-order chi connectivity index (χ1) is 8.47. The summed E-state index contributed by atoms with van der Waals surface area (Å²) in [7, 11) is 1.86. The van der Waals surface area contributed by atoms with E-state index in [0.29, 0.717) is 12.0 Å². The topological polar surface area (TPSA) is 58.4 Å². The molecule has 0 aromatic heterocycles. The summed E-state index contributed by atoms with van der Waals surface area (Å²) < 4.78 is 0. The van der Waals surface area contributed by atoms with Crippen molar-refractivity contribution >= 4 is 5.91 Å². The van der Waals surface area contributed by atoms with Crippen LogP contribution in [0.4, 0.5) is 0 Å². The Morgan fingerprint density at radius 2 is 2.22 bits per heavy atom. The molecule has 2 atom stereocenters. The Morgan fingerprint density at radius 3 is 2.67 bits per heavy atom. The number of nitrogens with zero attached hydrogens (tertiary/aromatic N) is 1. The molecule has 4 nitrogen and oxygen atoms in total. The molecular weight excluding hydrogens is 226 g/mol. The smallest absolute Gasteiger partial charge is 0.238 e. The van der Waals surface area contributed by atoms with Gasteiger partial charge in [0.2, 0.25) is 5.91 Å². The van der Waals surface area contributed by atoms with Gasteiger partial charge in [-0.2, -0.15) is 0 Å². The normalized spacial score (nSPS) is 28.2. The Labute approximate surface area is 111 Å². The molecule has 0 spiro atoms. The number of nitrogens with one attached hydrogen (secondary N) is 1. The van der Waals surface area contributed by atoms with Gasteiger partial charge in [-0.05, 0) is 59.2 Å². The van der Waals surface area contributed by atoms with E-state index >= 15 is 0 Å². The Morgan fingerprint density at radius 1 is 1.56 bits per heavy atom. The Kier molecular flexibility index (Phi) is 5.60. The van der Waals surface area contributed by atoms with Gasteiger partial charge in [0.05, 0.1) is 0 Å². The monoisotopic (exact) mass is 255 g/mol. The Hall–Kier alpha value is -0.610. The molecule has 1 amide bonds. The third kappa shape index (κ3) is 3.04. The molecule has 4 heteroatoms. The second kappa shape index (κ2) is 6.53. The standard InChI is InChI=1S/C14H29N3O/c1-5-17(11(2)3)10-8-12-7-6-9-14(12,16-4)13(15)18/h11-12,16H,5-10H2,1-4H3,(H2,15,18). The van der Waals surface area contributed by atoms with Crippen LogP contribution >= 0.6 is 0 Å². The van der Waals surface area contributed by atoms with Gasteiger partial charge in [0.25, 0.3) is 0 Å². The second-order valence-corrected chi connectivity index (χ2v) is 5.69. The molecule has 1 aliphatic rings. The number of carbonyl (C=O) groups excluding carboxylic acids is 1. The maximum Gasteiger partial charge on any atom is 0.238 e. The number of amides is 1. The zero-order chi connectivity index (χ0) is 13.8. The van der Waals surface area contributed by atoms with E-state index in [0.717, 1.165) is 38.8 Å². The summed E-state index contributed by atoms with van der Waals surface area (Å²) in [5, 5.41) is 3.20. The molecule has 1 saturated carbocycles. The van der Waals surface area contributed by atoms with E-state index in [9.17, 15) is 4.79 Å². The number of nitrogens with two attached hydrogens (primary N) is 1. The fraction of sp³-hybridized carbons (Fsp3) is 0.929. The molecule has 0 bridgehead atoms. The van der Waals surface area contributed by atoms with Crippen molar-refractivity contribution in [1.82, 2.24) is 10.2 Å². The zero-order valence-corrected chi connectivity index (χ0v) is 12.3. The molecule has 0 aromatic carbocycles. The molecule has 0 aromatic rings. The van der Waals surface area contributed by atoms with Gasteiger partial charge in [0.15, 0.2) is 0 Å². The van der Waals surface area contributed by atoms with E-state index in [1.807, 2.05) is 7.05 Å². The summed E-state index contributed by atoms with van der Waals surface area (Å²) in [6, 6.07) is 0.564. The van der Waals surface area contributed by atoms with E-state index in [2.05, 4.69) is 31.0 Å². The summed E-state index contributed by atoms with van der Waals surface area (Å²) in [4.78, 5) is 14.2. The molecule has 0 aliphatic heterocycles. The van der Waals surface area contributed by atoms with Gasteiger partial charge in [0, 0.05) is 6.04 Å². The van der Waals surface area contributed by atoms with E-state index in [1.165, 1.54) is 0 Å². The van der Waals surface area contributed by atoms with Crippen molar-refractivity contribution in [2.75, 3.05) is 20.1 Å². The van der Waals surface area contributed by atoms with E-state index in [1.54, 1.807) is 0 Å². The van der Waals surface area contributed by atoms with Crippen LogP contribution in [0.15, 0.2) is 0 Å². The fourth-order valence-electron chi connectivity index (χ4n) is 3.35. The van der Waals surface area contributed by atoms with Crippen molar-refractivity contribution in [3.8, 4) is 0 Å². The first kappa shape index (κ1) is 15.4. The quantitative estimate of drug-likeness (QED) is 0.722. The largest absolute Gasteiger partial charge is 0.368 e. The lowest BCUT2D eigenvalue weighted by molar-refractivity contribution is -0.125. The molecule has 2 unspecified atom stereocenters. The minimum Gasteiger partial charge on any atom is -0.368 e. The molecule has 0 saturated heterocycles. The molecule has 0 heterocycles. The summed E-state index contributed by atoms with van der Waals surface area (Å²) in [5.41, 5.74) is 5.16. The maximum atomic E-state index is 11.8. The highest BCUT2D eigenvalue weighted by Gasteiger charge is 2.46. The highest BCUT2D eigenvalue weighted by Crippen LogP contribution is 2.37. The highest BCUT2D eigenvalue weighted by molar-refractivity contribution is 5.85. The summed E-state index contributed by atoms with van der Waals surface area (Å²) in [5.74, 6) is 0.202. The van der Waals surface area contributed by atoms with Crippen molar-refractivity contribution < 1.29 is 4.79 Å². The number of hydrogen-bond acceptors (Lipinski definition) is 3. The lowest BCUT2D eigenvalue weighted by atomic mass is 9.84. The van der Waals surface area contributed by atoms with Gasteiger partial charge in [-0.15, -0.1) is 0 Å². The van der Waals surface area contributed by atoms with Crippen molar-refractivity contribution in [3.63, 3.8) is 0 Å². The van der Waals surface area contributed by atoms with Crippen LogP contribution in [0.25, 0.3) is 0 Å². The third-order valence-electron chi connectivity index (χ3n) is 4.61. The summed E-state index contributed by atoms with van der Waals surface area (Å²) in [6.45, 7) is 8.74. The van der Waals surface area contributed by atoms with Crippen LogP contribution in [0.1, 0.15) is 46.5 Å². The minimum absolute atomic E-state index is 0.180. The average Bonchev–Trinajstić information content (AvgIpc) is 2.73. The van der Waals surface area contributed by atoms with Gasteiger partial charge >= 0.3 is 0 Å². The summed E-state index contributed by atoms with van der Waals surface area (Å²) in [6.07, 6.45) is 4.15. The van der Waals surface area contributed by atoms with Crippen LogP contribution in [0.2, 0.25) is 0 Å². The number of hydrogen-bond donors (Lipinski definition) is 2. The lowest BCUT2D eigenvalue weighted by Crippen LogP contribution is -2.57. The molecule has 106 valence electrons. The Balaban J connectivity index is 2.63. The number of primary amides is 1. The van der Waals surface area contributed by atoms with E-state index in [4.69, 9.17) is 5.73 Å². The molecule has 1 aliphatic carbocycles. The molecule has 18 heavy (non-hydrogen) atoms. The van der Waals surface area contributed by atoms with Gasteiger partial charge in [-0.1, -0.05) is 13.3 Å². The molecular formula is C14H29N3O. The predicted molar refractivity (Wildman–Crippen MR) is 75.3 cm³/mol. The van der Waals surface area contributed by atoms with Gasteiger partial charge in [0.1, 0.15) is 5.54 Å². The number of carbonyl (C=O) groups is 1. The van der Waals surface area contributed by atoms with Crippen molar-refractivity contribution in [1.29, 1.82) is 0 Å². The molecule has 3 N–H and O–H groups in total. The Bertz CT molecular complexity index is 280. The van der Waals surface area contributed by atoms with Crippen LogP contribution in [0.3, 0.4) is 0 Å². The maximum absolute atomic E-state index is 11.8. The average molecular weight is 255 g/mol. The second-order valence-electron chi connectivity index (χ2n) is 5.69. The van der Waals surface area contributed by atoms with Crippen LogP contribution in [0, 0.1) is 5.92 Å². The van der Waals surface area contributed by atoms with Gasteiger partial charge in [-0.3, -0.25) is 4.79 Å².